The Hall–Kier alpha value is -2.14. The number of rotatable bonds is 4. The van der Waals surface area contributed by atoms with E-state index in [1.54, 1.807) is 17.0 Å². The predicted octanol–water partition coefficient (Wildman–Crippen LogP) is 0.219. The molecule has 142 valence electrons. The maximum atomic E-state index is 14.5. The summed E-state index contributed by atoms with van der Waals surface area (Å²) in [5.41, 5.74) is 6.05. The summed E-state index contributed by atoms with van der Waals surface area (Å²) >= 11 is 4.71. The smallest absolute Gasteiger partial charge is 0.414 e. The molecule has 2 aliphatic heterocycles. The third-order valence-corrected chi connectivity index (χ3v) is 6.06. The molecule has 0 bridgehead atoms. The second-order valence-electron chi connectivity index (χ2n) is 6.14. The van der Waals surface area contributed by atoms with Crippen LogP contribution in [0.1, 0.15) is 0 Å². The molecule has 0 radical (unpaired) electrons. The van der Waals surface area contributed by atoms with Gasteiger partial charge in [0.25, 0.3) is 0 Å². The molecule has 2 fully saturated rings. The molecule has 0 spiro atoms. The topological polar surface area (TPSA) is 105 Å². The van der Waals surface area contributed by atoms with Crippen LogP contribution in [0.4, 0.5) is 20.6 Å². The second-order valence-corrected chi connectivity index (χ2v) is 8.88. The molecule has 1 aromatic rings. The number of nitrogens with zero attached hydrogens (tertiary/aromatic N) is 2. The number of carbonyl (C=O) groups is 1. The van der Waals surface area contributed by atoms with Gasteiger partial charge in [0.1, 0.15) is 11.9 Å². The number of halogens is 1. The van der Waals surface area contributed by atoms with Crippen LogP contribution in [-0.2, 0) is 14.6 Å². The van der Waals surface area contributed by atoms with Gasteiger partial charge in [0, 0.05) is 13.1 Å². The Morgan fingerprint density at radius 2 is 2.08 bits per heavy atom. The highest BCUT2D eigenvalue weighted by molar-refractivity contribution is 7.91. The van der Waals surface area contributed by atoms with E-state index >= 15 is 0 Å². The molecule has 1 amide bonds. The van der Waals surface area contributed by atoms with Crippen molar-refractivity contribution in [2.45, 2.75) is 6.10 Å². The first-order valence-electron chi connectivity index (χ1n) is 8.01. The van der Waals surface area contributed by atoms with Crippen molar-refractivity contribution < 1.29 is 22.3 Å². The minimum atomic E-state index is -3.04. The van der Waals surface area contributed by atoms with Gasteiger partial charge in [-0.2, -0.15) is 0 Å². The van der Waals surface area contributed by atoms with E-state index in [2.05, 4.69) is 5.32 Å². The number of benzene rings is 1. The van der Waals surface area contributed by atoms with Gasteiger partial charge in [-0.3, -0.25) is 4.90 Å². The summed E-state index contributed by atoms with van der Waals surface area (Å²) in [5, 5.41) is 2.84. The van der Waals surface area contributed by atoms with E-state index in [0.29, 0.717) is 11.4 Å². The maximum absolute atomic E-state index is 14.5. The highest BCUT2D eigenvalue weighted by Crippen LogP contribution is 2.28. The average Bonchev–Trinajstić information content (AvgIpc) is 2.94. The number of carbonyl (C=O) groups excluding carboxylic acids is 1. The highest BCUT2D eigenvalue weighted by Gasteiger charge is 2.33. The lowest BCUT2D eigenvalue weighted by molar-refractivity contribution is 0.143. The summed E-state index contributed by atoms with van der Waals surface area (Å²) in [4.78, 5) is 15.0. The number of hydrogen-bond acceptors (Lipinski definition) is 6. The van der Waals surface area contributed by atoms with Crippen LogP contribution in [-0.4, -0.2) is 63.4 Å². The molecule has 2 aliphatic rings. The molecule has 26 heavy (non-hydrogen) atoms. The van der Waals surface area contributed by atoms with Crippen molar-refractivity contribution in [1.29, 1.82) is 0 Å². The zero-order valence-corrected chi connectivity index (χ0v) is 15.5. The number of hydrogen-bond donors (Lipinski definition) is 2. The number of cyclic esters (lactones) is 1. The van der Waals surface area contributed by atoms with E-state index in [1.165, 1.54) is 11.0 Å². The van der Waals surface area contributed by atoms with Gasteiger partial charge in [-0.25, -0.2) is 17.6 Å². The maximum Gasteiger partial charge on any atom is 0.414 e. The Balaban J connectivity index is 1.69. The molecule has 2 saturated heterocycles. The lowest BCUT2D eigenvalue weighted by atomic mass is 10.2. The Morgan fingerprint density at radius 3 is 2.69 bits per heavy atom. The molecular formula is C15H19FN4O4S2. The Kier molecular flexibility index (Phi) is 5.19. The van der Waals surface area contributed by atoms with Crippen molar-refractivity contribution >= 4 is 44.6 Å². The summed E-state index contributed by atoms with van der Waals surface area (Å²) in [7, 11) is -3.04. The Morgan fingerprint density at radius 1 is 1.38 bits per heavy atom. The van der Waals surface area contributed by atoms with Gasteiger partial charge in [-0.15, -0.1) is 0 Å². The van der Waals surface area contributed by atoms with Crippen molar-refractivity contribution in [1.82, 2.24) is 5.32 Å². The molecule has 11 heteroatoms. The van der Waals surface area contributed by atoms with Gasteiger partial charge in [-0.1, -0.05) is 0 Å². The number of anilines is 2. The van der Waals surface area contributed by atoms with Crippen LogP contribution in [0, 0.1) is 5.82 Å². The van der Waals surface area contributed by atoms with E-state index in [4.69, 9.17) is 22.7 Å². The van der Waals surface area contributed by atoms with Crippen LogP contribution in [0.15, 0.2) is 18.2 Å². The van der Waals surface area contributed by atoms with Gasteiger partial charge in [-0.05, 0) is 30.4 Å². The van der Waals surface area contributed by atoms with Crippen LogP contribution in [0.3, 0.4) is 0 Å². The summed E-state index contributed by atoms with van der Waals surface area (Å²) < 4.78 is 42.7. The minimum absolute atomic E-state index is 0.00429. The monoisotopic (exact) mass is 402 g/mol. The van der Waals surface area contributed by atoms with Crippen LogP contribution in [0.5, 0.6) is 0 Å². The van der Waals surface area contributed by atoms with Crippen LogP contribution in [0.25, 0.3) is 0 Å². The van der Waals surface area contributed by atoms with Crippen molar-refractivity contribution in [3.63, 3.8) is 0 Å². The first kappa shape index (κ1) is 18.6. The largest absolute Gasteiger partial charge is 0.442 e. The molecule has 1 atom stereocenters. The molecule has 3 N–H and O–H groups in total. The third kappa shape index (κ3) is 4.15. The quantitative estimate of drug-likeness (QED) is 0.689. The lowest BCUT2D eigenvalue weighted by Gasteiger charge is -2.29. The van der Waals surface area contributed by atoms with Gasteiger partial charge in [0.05, 0.1) is 36.0 Å². The Labute approximate surface area is 156 Å². The molecule has 0 saturated carbocycles. The standard InChI is InChI=1S/C15H19FN4O4S2/c16-12-7-10(20-9-11(24-15(20)21)8-18-14(17)25)1-2-13(12)19-3-5-26(22,23)6-4-19/h1-2,7,11H,3-6,8-9H2,(H3,17,18,25)/t11-/m0/s1. The number of nitrogens with one attached hydrogen (secondary N) is 1. The molecule has 0 aliphatic carbocycles. The van der Waals surface area contributed by atoms with Gasteiger partial charge >= 0.3 is 6.09 Å². The minimum Gasteiger partial charge on any atom is -0.442 e. The van der Waals surface area contributed by atoms with Crippen molar-refractivity contribution in [2.75, 3.05) is 47.5 Å². The van der Waals surface area contributed by atoms with E-state index in [-0.39, 0.29) is 42.8 Å². The summed E-state index contributed by atoms with van der Waals surface area (Å²) in [5.74, 6) is -0.506. The summed E-state index contributed by atoms with van der Waals surface area (Å²) in [6.07, 6.45) is -1.02. The zero-order chi connectivity index (χ0) is 18.9. The lowest BCUT2D eigenvalue weighted by Crippen LogP contribution is -2.40. The van der Waals surface area contributed by atoms with E-state index in [9.17, 15) is 17.6 Å². The fourth-order valence-electron chi connectivity index (χ4n) is 2.93. The first-order chi connectivity index (χ1) is 12.2. The second kappa shape index (κ2) is 7.23. The van der Waals surface area contributed by atoms with Gasteiger partial charge in [0.15, 0.2) is 14.9 Å². The number of sulfone groups is 1. The molecule has 0 aromatic heterocycles. The zero-order valence-electron chi connectivity index (χ0n) is 13.9. The van der Waals surface area contributed by atoms with E-state index in [1.807, 2.05) is 0 Å². The van der Waals surface area contributed by atoms with Crippen molar-refractivity contribution in [3.8, 4) is 0 Å². The summed E-state index contributed by atoms with van der Waals surface area (Å²) in [6.45, 7) is 1.02. The molecular weight excluding hydrogens is 383 g/mol. The fraction of sp³-hybridized carbons (Fsp3) is 0.467. The van der Waals surface area contributed by atoms with E-state index in [0.717, 1.165) is 0 Å². The van der Waals surface area contributed by atoms with Gasteiger partial charge in [0.2, 0.25) is 0 Å². The molecule has 8 nitrogen and oxygen atoms in total. The highest BCUT2D eigenvalue weighted by atomic mass is 32.2. The molecule has 2 heterocycles. The van der Waals surface area contributed by atoms with Crippen molar-refractivity contribution in [2.24, 2.45) is 5.73 Å². The normalized spacial score (nSPS) is 22.2. The van der Waals surface area contributed by atoms with Gasteiger partial charge < -0.3 is 20.7 Å². The number of thiocarbonyl (C=S) groups is 1. The average molecular weight is 402 g/mol. The third-order valence-electron chi connectivity index (χ3n) is 4.31. The molecule has 0 unspecified atom stereocenters. The first-order valence-corrected chi connectivity index (χ1v) is 10.2. The van der Waals surface area contributed by atoms with E-state index < -0.39 is 27.9 Å². The van der Waals surface area contributed by atoms with Crippen molar-refractivity contribution in [3.05, 3.63) is 24.0 Å². The number of ether oxygens (including phenoxy) is 1. The summed E-state index contributed by atoms with van der Waals surface area (Å²) in [6, 6.07) is 4.42. The predicted molar refractivity (Wildman–Crippen MR) is 99.7 cm³/mol. The molecule has 1 aromatic carbocycles. The number of nitrogens with two attached hydrogens (primary N) is 1. The Bertz CT molecular complexity index is 819. The SMILES string of the molecule is NC(=S)NC[C@H]1CN(c2ccc(N3CCS(=O)(=O)CC3)c(F)c2)C(=O)O1. The number of amides is 1. The van der Waals surface area contributed by atoms with Crippen LogP contribution in [0.2, 0.25) is 0 Å². The fourth-order valence-corrected chi connectivity index (χ4v) is 4.21. The van der Waals surface area contributed by atoms with Crippen LogP contribution < -0.4 is 20.9 Å². The van der Waals surface area contributed by atoms with Crippen LogP contribution >= 0.6 is 12.2 Å². The molecule has 3 rings (SSSR count).